The largest absolute Gasteiger partial charge is 0.310 e. The first kappa shape index (κ1) is 11.0. The minimum absolute atomic E-state index is 0.799. The molecular formula is C15H17NS. The Bertz CT molecular complexity index is 471. The molecule has 0 atom stereocenters. The van der Waals surface area contributed by atoms with E-state index in [1.165, 1.54) is 28.8 Å². The third kappa shape index (κ3) is 3.18. The molecule has 1 aliphatic carbocycles. The summed E-state index contributed by atoms with van der Waals surface area (Å²) in [4.78, 5) is 1.46. The molecule has 17 heavy (non-hydrogen) atoms. The van der Waals surface area contributed by atoms with Gasteiger partial charge in [0, 0.05) is 23.9 Å². The third-order valence-corrected chi connectivity index (χ3v) is 4.09. The first-order valence-electron chi connectivity index (χ1n) is 6.24. The molecule has 1 aliphatic rings. The Balaban J connectivity index is 1.59. The first-order chi connectivity index (χ1) is 8.40. The van der Waals surface area contributed by atoms with E-state index >= 15 is 0 Å². The van der Waals surface area contributed by atoms with Crippen LogP contribution in [0.3, 0.4) is 0 Å². The van der Waals surface area contributed by atoms with Crippen LogP contribution in [-0.4, -0.2) is 6.04 Å². The second-order valence-electron chi connectivity index (χ2n) is 4.74. The predicted molar refractivity (Wildman–Crippen MR) is 73.4 cm³/mol. The van der Waals surface area contributed by atoms with Gasteiger partial charge in [0.05, 0.1) is 0 Å². The summed E-state index contributed by atoms with van der Waals surface area (Å²) in [6, 6.07) is 13.8. The topological polar surface area (TPSA) is 12.0 Å². The fourth-order valence-corrected chi connectivity index (χ4v) is 2.88. The van der Waals surface area contributed by atoms with Crippen LogP contribution in [-0.2, 0) is 13.0 Å². The summed E-state index contributed by atoms with van der Waals surface area (Å²) in [6.07, 6.45) is 3.79. The molecule has 1 saturated carbocycles. The lowest BCUT2D eigenvalue weighted by Gasteiger charge is -1.99. The van der Waals surface area contributed by atoms with Crippen LogP contribution in [0.1, 0.15) is 28.8 Å². The number of rotatable bonds is 5. The first-order valence-corrected chi connectivity index (χ1v) is 7.12. The van der Waals surface area contributed by atoms with Gasteiger partial charge < -0.3 is 5.32 Å². The van der Waals surface area contributed by atoms with E-state index in [9.17, 15) is 0 Å². The average molecular weight is 243 g/mol. The van der Waals surface area contributed by atoms with Gasteiger partial charge in [-0.25, -0.2) is 0 Å². The zero-order valence-electron chi connectivity index (χ0n) is 9.86. The Morgan fingerprint density at radius 2 is 1.94 bits per heavy atom. The van der Waals surface area contributed by atoms with Crippen molar-refractivity contribution in [3.8, 4) is 0 Å². The van der Waals surface area contributed by atoms with Gasteiger partial charge in [-0.1, -0.05) is 30.3 Å². The molecule has 0 amide bonds. The monoisotopic (exact) mass is 243 g/mol. The number of benzene rings is 1. The normalized spacial score (nSPS) is 15.1. The van der Waals surface area contributed by atoms with Crippen LogP contribution in [0, 0.1) is 0 Å². The number of nitrogens with one attached hydrogen (secondary N) is 1. The lowest BCUT2D eigenvalue weighted by atomic mass is 10.1. The van der Waals surface area contributed by atoms with Crippen LogP contribution in [0.5, 0.6) is 0 Å². The van der Waals surface area contributed by atoms with Crippen LogP contribution >= 0.6 is 11.3 Å². The van der Waals surface area contributed by atoms with E-state index in [2.05, 4.69) is 47.1 Å². The lowest BCUT2D eigenvalue weighted by Crippen LogP contribution is -2.14. The maximum absolute atomic E-state index is 3.56. The van der Waals surface area contributed by atoms with Crippen molar-refractivity contribution >= 4 is 11.3 Å². The van der Waals surface area contributed by atoms with Crippen molar-refractivity contribution in [2.75, 3.05) is 0 Å². The molecule has 0 saturated heterocycles. The molecule has 1 aromatic heterocycles. The fourth-order valence-electron chi connectivity index (χ4n) is 1.96. The summed E-state index contributed by atoms with van der Waals surface area (Å²) in [5.41, 5.74) is 2.84. The highest BCUT2D eigenvalue weighted by Gasteiger charge is 2.19. The molecule has 1 nitrogen and oxygen atoms in total. The Kier molecular flexibility index (Phi) is 3.25. The molecule has 0 spiro atoms. The van der Waals surface area contributed by atoms with Gasteiger partial charge in [0.15, 0.2) is 0 Å². The second-order valence-corrected chi connectivity index (χ2v) is 5.73. The summed E-state index contributed by atoms with van der Waals surface area (Å²) >= 11 is 1.88. The highest BCUT2D eigenvalue weighted by Crippen LogP contribution is 2.22. The molecule has 1 aromatic carbocycles. The molecule has 1 heterocycles. The van der Waals surface area contributed by atoms with Gasteiger partial charge in [-0.2, -0.15) is 0 Å². The molecule has 88 valence electrons. The smallest absolute Gasteiger partial charge is 0.0216 e. The Morgan fingerprint density at radius 3 is 2.71 bits per heavy atom. The quantitative estimate of drug-likeness (QED) is 0.846. The minimum Gasteiger partial charge on any atom is -0.310 e. The van der Waals surface area contributed by atoms with Crippen LogP contribution in [0.15, 0.2) is 41.8 Å². The molecule has 0 aliphatic heterocycles. The van der Waals surface area contributed by atoms with Crippen molar-refractivity contribution in [1.29, 1.82) is 0 Å². The lowest BCUT2D eigenvalue weighted by molar-refractivity contribution is 0.689. The molecule has 0 radical (unpaired) electrons. The number of thiophene rings is 1. The molecule has 0 bridgehead atoms. The Labute approximate surface area is 106 Å². The van der Waals surface area contributed by atoms with Crippen LogP contribution in [0.4, 0.5) is 0 Å². The molecule has 1 N–H and O–H groups in total. The maximum atomic E-state index is 3.56. The van der Waals surface area contributed by atoms with E-state index in [1.54, 1.807) is 0 Å². The van der Waals surface area contributed by atoms with Crippen LogP contribution in [0.25, 0.3) is 0 Å². The van der Waals surface area contributed by atoms with Crippen molar-refractivity contribution < 1.29 is 0 Å². The van der Waals surface area contributed by atoms with E-state index in [4.69, 9.17) is 0 Å². The Morgan fingerprint density at radius 1 is 1.12 bits per heavy atom. The summed E-state index contributed by atoms with van der Waals surface area (Å²) in [7, 11) is 0. The van der Waals surface area contributed by atoms with E-state index in [-0.39, 0.29) is 0 Å². The van der Waals surface area contributed by atoms with Crippen molar-refractivity contribution in [2.45, 2.75) is 31.8 Å². The van der Waals surface area contributed by atoms with Gasteiger partial charge in [0.25, 0.3) is 0 Å². The van der Waals surface area contributed by atoms with Crippen molar-refractivity contribution in [1.82, 2.24) is 5.32 Å². The van der Waals surface area contributed by atoms with Crippen molar-refractivity contribution in [2.24, 2.45) is 0 Å². The zero-order valence-corrected chi connectivity index (χ0v) is 10.7. The van der Waals surface area contributed by atoms with E-state index in [0.29, 0.717) is 0 Å². The van der Waals surface area contributed by atoms with Gasteiger partial charge in [-0.3, -0.25) is 0 Å². The number of hydrogen-bond donors (Lipinski definition) is 1. The highest BCUT2D eigenvalue weighted by atomic mass is 32.1. The molecule has 2 aromatic rings. The summed E-state index contributed by atoms with van der Waals surface area (Å²) in [5, 5.41) is 5.84. The highest BCUT2D eigenvalue weighted by molar-refractivity contribution is 7.10. The van der Waals surface area contributed by atoms with Crippen LogP contribution < -0.4 is 5.32 Å². The van der Waals surface area contributed by atoms with Gasteiger partial charge in [-0.05, 0) is 35.4 Å². The summed E-state index contributed by atoms with van der Waals surface area (Å²) in [6.45, 7) is 1.04. The number of hydrogen-bond acceptors (Lipinski definition) is 2. The average Bonchev–Trinajstić information content (AvgIpc) is 3.09. The van der Waals surface area contributed by atoms with E-state index in [0.717, 1.165) is 19.0 Å². The Hall–Kier alpha value is -1.12. The van der Waals surface area contributed by atoms with Crippen molar-refractivity contribution in [3.63, 3.8) is 0 Å². The van der Waals surface area contributed by atoms with Crippen LogP contribution in [0.2, 0.25) is 0 Å². The molecule has 2 heteroatoms. The third-order valence-electron chi connectivity index (χ3n) is 3.10. The van der Waals surface area contributed by atoms with Gasteiger partial charge in [-0.15, -0.1) is 11.3 Å². The maximum Gasteiger partial charge on any atom is 0.0216 e. The molecular weight excluding hydrogens is 226 g/mol. The summed E-state index contributed by atoms with van der Waals surface area (Å²) in [5.74, 6) is 0. The second kappa shape index (κ2) is 5.03. The van der Waals surface area contributed by atoms with Gasteiger partial charge in [0.2, 0.25) is 0 Å². The van der Waals surface area contributed by atoms with E-state index in [1.807, 2.05) is 11.3 Å². The zero-order chi connectivity index (χ0) is 11.5. The van der Waals surface area contributed by atoms with E-state index < -0.39 is 0 Å². The molecule has 0 unspecified atom stereocenters. The molecule has 3 rings (SSSR count). The standard InChI is InChI=1S/C15H17NS/c1-2-4-12(5-3-1)8-15-9-13(11-17-15)10-16-14-6-7-14/h1-5,9,11,14,16H,6-8,10H2. The fraction of sp³-hybridized carbons (Fsp3) is 0.333. The summed E-state index contributed by atoms with van der Waals surface area (Å²) < 4.78 is 0. The minimum atomic E-state index is 0.799. The van der Waals surface area contributed by atoms with Gasteiger partial charge >= 0.3 is 0 Å². The predicted octanol–water partition coefficient (Wildman–Crippen LogP) is 3.59. The van der Waals surface area contributed by atoms with Gasteiger partial charge in [0.1, 0.15) is 0 Å². The SMILES string of the molecule is c1ccc(Cc2cc(CNC3CC3)cs2)cc1. The van der Waals surface area contributed by atoms with Crippen molar-refractivity contribution in [3.05, 3.63) is 57.8 Å². The molecule has 1 fully saturated rings.